The van der Waals surface area contributed by atoms with Crippen LogP contribution in [0.3, 0.4) is 0 Å². The molecule has 0 saturated carbocycles. The largest absolute Gasteiger partial charge is 0.467 e. The normalized spacial score (nSPS) is 12.4. The van der Waals surface area contributed by atoms with E-state index in [9.17, 15) is 4.79 Å². The van der Waals surface area contributed by atoms with Gasteiger partial charge in [-0.25, -0.2) is 0 Å². The first-order valence-electron chi connectivity index (χ1n) is 5.87. The van der Waals surface area contributed by atoms with E-state index in [1.54, 1.807) is 12.3 Å². The van der Waals surface area contributed by atoms with Gasteiger partial charge in [0.15, 0.2) is 0 Å². The van der Waals surface area contributed by atoms with Crippen LogP contribution in [-0.4, -0.2) is 34.9 Å². The summed E-state index contributed by atoms with van der Waals surface area (Å²) in [6.07, 6.45) is 1.58. The number of carbonyl (C=O) groups is 1. The fourth-order valence-corrected chi connectivity index (χ4v) is 1.79. The number of hydrogen-bond acceptors (Lipinski definition) is 4. The molecule has 0 fully saturated rings. The van der Waals surface area contributed by atoms with Gasteiger partial charge in [0.25, 0.3) is 0 Å². The van der Waals surface area contributed by atoms with Crippen LogP contribution >= 0.6 is 12.2 Å². The fourth-order valence-electron chi connectivity index (χ4n) is 1.62. The first-order chi connectivity index (χ1) is 8.54. The zero-order valence-electron chi connectivity index (χ0n) is 10.7. The molecule has 0 spiro atoms. The zero-order valence-corrected chi connectivity index (χ0v) is 11.5. The number of nitrogens with one attached hydrogen (secondary N) is 1. The minimum absolute atomic E-state index is 0.0653. The topological polar surface area (TPSA) is 71.5 Å². The van der Waals surface area contributed by atoms with Gasteiger partial charge in [0.05, 0.1) is 23.8 Å². The summed E-state index contributed by atoms with van der Waals surface area (Å²) in [4.78, 5) is 14.2. The van der Waals surface area contributed by atoms with E-state index in [1.165, 1.54) is 0 Å². The van der Waals surface area contributed by atoms with Gasteiger partial charge in [-0.05, 0) is 25.6 Å². The third-order valence-electron chi connectivity index (χ3n) is 2.71. The molecular weight excluding hydrogens is 250 g/mol. The van der Waals surface area contributed by atoms with Gasteiger partial charge in [-0.2, -0.15) is 0 Å². The summed E-state index contributed by atoms with van der Waals surface area (Å²) >= 11 is 4.86. The molecule has 1 aromatic rings. The maximum Gasteiger partial charge on any atom is 0.237 e. The van der Waals surface area contributed by atoms with Crippen molar-refractivity contribution in [3.05, 3.63) is 24.2 Å². The SMILES string of the molecule is CCN(CC(N)=S)C(C)C(=O)NCc1ccco1. The average molecular weight is 269 g/mol. The average Bonchev–Trinajstić information content (AvgIpc) is 2.84. The Bertz CT molecular complexity index is 392. The van der Waals surface area contributed by atoms with Gasteiger partial charge in [-0.1, -0.05) is 19.1 Å². The number of thiocarbonyl (C=S) groups is 1. The van der Waals surface area contributed by atoms with Gasteiger partial charge in [0, 0.05) is 6.54 Å². The van der Waals surface area contributed by atoms with Crippen LogP contribution in [0.1, 0.15) is 19.6 Å². The minimum Gasteiger partial charge on any atom is -0.467 e. The van der Waals surface area contributed by atoms with E-state index >= 15 is 0 Å². The molecule has 1 amide bonds. The molecule has 6 heteroatoms. The van der Waals surface area contributed by atoms with Crippen LogP contribution in [0.5, 0.6) is 0 Å². The van der Waals surface area contributed by atoms with Crippen LogP contribution in [-0.2, 0) is 11.3 Å². The summed E-state index contributed by atoms with van der Waals surface area (Å²) in [6.45, 7) is 5.35. The fraction of sp³-hybridized carbons (Fsp3) is 0.500. The Balaban J connectivity index is 2.46. The molecule has 3 N–H and O–H groups in total. The standard InChI is InChI=1S/C12H19N3O2S/c1-3-15(8-11(13)18)9(2)12(16)14-7-10-5-4-6-17-10/h4-6,9H,3,7-8H2,1-2H3,(H2,13,18)(H,14,16). The maximum atomic E-state index is 11.9. The predicted molar refractivity (Wildman–Crippen MR) is 74.0 cm³/mol. The van der Waals surface area contributed by atoms with Crippen LogP contribution < -0.4 is 11.1 Å². The lowest BCUT2D eigenvalue weighted by atomic mass is 10.2. The summed E-state index contributed by atoms with van der Waals surface area (Å²) in [7, 11) is 0. The van der Waals surface area contributed by atoms with E-state index in [2.05, 4.69) is 5.32 Å². The van der Waals surface area contributed by atoms with Crippen molar-refractivity contribution in [3.8, 4) is 0 Å². The van der Waals surface area contributed by atoms with E-state index in [4.69, 9.17) is 22.4 Å². The van der Waals surface area contributed by atoms with E-state index < -0.39 is 0 Å². The highest BCUT2D eigenvalue weighted by Gasteiger charge is 2.20. The lowest BCUT2D eigenvalue weighted by Crippen LogP contribution is -2.47. The lowest BCUT2D eigenvalue weighted by molar-refractivity contribution is -0.125. The van der Waals surface area contributed by atoms with Crippen molar-refractivity contribution >= 4 is 23.1 Å². The third-order valence-corrected chi connectivity index (χ3v) is 2.84. The van der Waals surface area contributed by atoms with E-state index in [-0.39, 0.29) is 11.9 Å². The van der Waals surface area contributed by atoms with Crippen molar-refractivity contribution in [1.29, 1.82) is 0 Å². The Labute approximate surface area is 112 Å². The molecule has 1 heterocycles. The monoisotopic (exact) mass is 269 g/mol. The summed E-state index contributed by atoms with van der Waals surface area (Å²) in [5, 5.41) is 2.81. The number of carbonyl (C=O) groups excluding carboxylic acids is 1. The number of nitrogens with zero attached hydrogens (tertiary/aromatic N) is 1. The van der Waals surface area contributed by atoms with E-state index in [1.807, 2.05) is 24.8 Å². The van der Waals surface area contributed by atoms with E-state index in [0.717, 1.165) is 5.76 Å². The van der Waals surface area contributed by atoms with Gasteiger partial charge >= 0.3 is 0 Å². The zero-order chi connectivity index (χ0) is 13.5. The number of likely N-dealkylation sites (N-methyl/N-ethyl adjacent to an activating group) is 1. The summed E-state index contributed by atoms with van der Waals surface area (Å²) < 4.78 is 5.15. The number of amides is 1. The molecule has 5 nitrogen and oxygen atoms in total. The summed E-state index contributed by atoms with van der Waals surface area (Å²) in [5.41, 5.74) is 5.50. The Hall–Kier alpha value is -1.40. The second kappa shape index (κ2) is 7.13. The first kappa shape index (κ1) is 14.7. The quantitative estimate of drug-likeness (QED) is 0.719. The molecule has 1 rings (SSSR count). The third kappa shape index (κ3) is 4.46. The summed E-state index contributed by atoms with van der Waals surface area (Å²) in [6, 6.07) is 3.33. The highest BCUT2D eigenvalue weighted by Crippen LogP contribution is 2.02. The molecule has 18 heavy (non-hydrogen) atoms. The molecule has 0 aliphatic heterocycles. The van der Waals surface area contributed by atoms with Crippen LogP contribution in [0.15, 0.2) is 22.8 Å². The Kier molecular flexibility index (Phi) is 5.80. The molecule has 0 bridgehead atoms. The molecule has 1 atom stereocenters. The van der Waals surface area contributed by atoms with Crippen LogP contribution in [0.4, 0.5) is 0 Å². The molecule has 0 aliphatic carbocycles. The van der Waals surface area contributed by atoms with Gasteiger partial charge in [0.1, 0.15) is 5.76 Å². The molecule has 0 radical (unpaired) electrons. The van der Waals surface area contributed by atoms with Crippen molar-refractivity contribution in [3.63, 3.8) is 0 Å². The Morgan fingerprint density at radius 2 is 2.39 bits per heavy atom. The van der Waals surface area contributed by atoms with Gasteiger partial charge in [-0.15, -0.1) is 0 Å². The highest BCUT2D eigenvalue weighted by atomic mass is 32.1. The van der Waals surface area contributed by atoms with Crippen molar-refractivity contribution in [2.45, 2.75) is 26.4 Å². The molecule has 1 aromatic heterocycles. The number of furan rings is 1. The van der Waals surface area contributed by atoms with Gasteiger partial charge < -0.3 is 15.5 Å². The van der Waals surface area contributed by atoms with Crippen molar-refractivity contribution in [2.24, 2.45) is 5.73 Å². The summed E-state index contributed by atoms with van der Waals surface area (Å²) in [5.74, 6) is 0.664. The van der Waals surface area contributed by atoms with Crippen molar-refractivity contribution < 1.29 is 9.21 Å². The number of nitrogens with two attached hydrogens (primary N) is 1. The second-order valence-electron chi connectivity index (χ2n) is 4.00. The Morgan fingerprint density at radius 3 is 2.89 bits per heavy atom. The smallest absolute Gasteiger partial charge is 0.237 e. The minimum atomic E-state index is -0.272. The van der Waals surface area contributed by atoms with Crippen molar-refractivity contribution in [1.82, 2.24) is 10.2 Å². The lowest BCUT2D eigenvalue weighted by Gasteiger charge is -2.26. The molecule has 0 aliphatic rings. The molecule has 100 valence electrons. The number of rotatable bonds is 7. The van der Waals surface area contributed by atoms with Crippen LogP contribution in [0.2, 0.25) is 0 Å². The Morgan fingerprint density at radius 1 is 1.67 bits per heavy atom. The van der Waals surface area contributed by atoms with Crippen LogP contribution in [0.25, 0.3) is 0 Å². The van der Waals surface area contributed by atoms with Crippen molar-refractivity contribution in [2.75, 3.05) is 13.1 Å². The molecule has 1 unspecified atom stereocenters. The maximum absolute atomic E-state index is 11.9. The van der Waals surface area contributed by atoms with Crippen LogP contribution in [0, 0.1) is 0 Å². The highest BCUT2D eigenvalue weighted by molar-refractivity contribution is 7.80. The number of hydrogen-bond donors (Lipinski definition) is 2. The molecule has 0 saturated heterocycles. The predicted octanol–water partition coefficient (Wildman–Crippen LogP) is 0.892. The first-order valence-corrected chi connectivity index (χ1v) is 6.27. The second-order valence-corrected chi connectivity index (χ2v) is 4.53. The molecule has 0 aromatic carbocycles. The molecular formula is C12H19N3O2S. The van der Waals surface area contributed by atoms with E-state index in [0.29, 0.717) is 24.6 Å². The van der Waals surface area contributed by atoms with Gasteiger partial charge in [-0.3, -0.25) is 9.69 Å². The van der Waals surface area contributed by atoms with Gasteiger partial charge in [0.2, 0.25) is 5.91 Å².